The van der Waals surface area contributed by atoms with Crippen LogP contribution in [0.25, 0.3) is 0 Å². The number of nitrogens with zero attached hydrogens (tertiary/aromatic N) is 2. The second kappa shape index (κ2) is 2.95. The van der Waals surface area contributed by atoms with Gasteiger partial charge in [-0.05, 0) is 0 Å². The van der Waals surface area contributed by atoms with Crippen molar-refractivity contribution in [1.82, 2.24) is 0 Å². The van der Waals surface area contributed by atoms with E-state index in [2.05, 4.69) is 26.8 Å². The van der Waals surface area contributed by atoms with Gasteiger partial charge in [-0.2, -0.15) is 5.11 Å². The highest BCUT2D eigenvalue weighted by Gasteiger charge is 1.93. The van der Waals surface area contributed by atoms with Crippen LogP contribution in [0, 0.1) is 12.0 Å². The summed E-state index contributed by atoms with van der Waals surface area (Å²) in [6.07, 6.45) is 3.62. The summed E-state index contributed by atoms with van der Waals surface area (Å²) in [5.41, 5.74) is 0.540. The molecule has 0 atom stereocenters. The first kappa shape index (κ1) is 5.93. The number of allylic oxidation sites excluding steroid dienone is 1. The summed E-state index contributed by atoms with van der Waals surface area (Å²) in [5.74, 6) is 2.44. The van der Waals surface area contributed by atoms with Crippen LogP contribution in [0.1, 0.15) is 0 Å². The Morgan fingerprint density at radius 1 is 1.78 bits per heavy atom. The highest BCUT2D eigenvalue weighted by atomic mass is 31.1. The third kappa shape index (κ3) is 1.63. The molecule has 1 aliphatic heterocycles. The third-order valence-electron chi connectivity index (χ3n) is 0.608. The molecule has 4 nitrogen and oxygen atoms in total. The molecule has 0 saturated carbocycles. The summed E-state index contributed by atoms with van der Waals surface area (Å²) < 4.78 is 13.7. The number of rotatable bonds is 1. The van der Waals surface area contributed by atoms with E-state index in [9.17, 15) is 4.57 Å². The zero-order valence-corrected chi connectivity index (χ0v) is 5.13. The van der Waals surface area contributed by atoms with Gasteiger partial charge in [-0.15, -0.1) is 5.11 Å². The van der Waals surface area contributed by atoms with E-state index in [4.69, 9.17) is 0 Å². The van der Waals surface area contributed by atoms with E-state index in [0.717, 1.165) is 0 Å². The lowest BCUT2D eigenvalue weighted by Gasteiger charge is -1.90. The first-order chi connectivity index (χ1) is 4.43. The molecule has 0 fully saturated rings. The molecule has 0 aliphatic carbocycles. The van der Waals surface area contributed by atoms with Gasteiger partial charge in [0, 0.05) is 5.92 Å². The van der Waals surface area contributed by atoms with E-state index < -0.39 is 8.69 Å². The fourth-order valence-corrected chi connectivity index (χ4v) is 0.349. The van der Waals surface area contributed by atoms with Crippen molar-refractivity contribution >= 4 is 8.69 Å². The summed E-state index contributed by atoms with van der Waals surface area (Å²) in [7, 11) is -0.443. The Labute approximate surface area is 52.9 Å². The quantitative estimate of drug-likeness (QED) is 0.409. The summed E-state index contributed by atoms with van der Waals surface area (Å²) in [6.45, 7) is 0. The van der Waals surface area contributed by atoms with E-state index in [1.165, 1.54) is 6.20 Å². The van der Waals surface area contributed by atoms with Crippen LogP contribution in [0.2, 0.25) is 0 Å². The number of hydrogen-bond donors (Lipinski definition) is 0. The second-order valence-corrected chi connectivity index (χ2v) is 1.45. The van der Waals surface area contributed by atoms with Gasteiger partial charge in [0.2, 0.25) is 0 Å². The van der Waals surface area contributed by atoms with Gasteiger partial charge in [0.1, 0.15) is 6.11 Å². The van der Waals surface area contributed by atoms with E-state index >= 15 is 0 Å². The van der Waals surface area contributed by atoms with Crippen LogP contribution in [0.5, 0.6) is 0 Å². The molecule has 9 heavy (non-hydrogen) atoms. The van der Waals surface area contributed by atoms with Crippen molar-refractivity contribution in [1.29, 1.82) is 0 Å². The Morgan fingerprint density at radius 3 is 3.00 bits per heavy atom. The first-order valence-corrected chi connectivity index (χ1v) is 2.77. The predicted molar refractivity (Wildman–Crippen MR) is 29.4 cm³/mol. The number of hydrogen-bond acceptors (Lipinski definition) is 4. The first-order valence-electron chi connectivity index (χ1n) is 2.04. The zero-order valence-electron chi connectivity index (χ0n) is 4.24. The molecule has 1 aliphatic rings. The van der Waals surface area contributed by atoms with Crippen molar-refractivity contribution in [2.24, 2.45) is 10.2 Å². The fourth-order valence-electron chi connectivity index (χ4n) is 0.266. The Kier molecular flexibility index (Phi) is 1.95. The van der Waals surface area contributed by atoms with Crippen molar-refractivity contribution < 1.29 is 9.09 Å². The summed E-state index contributed by atoms with van der Waals surface area (Å²) >= 11 is 0. The highest BCUT2D eigenvalue weighted by molar-refractivity contribution is 7.17. The monoisotopic (exact) mass is 140 g/mol. The summed E-state index contributed by atoms with van der Waals surface area (Å²) in [4.78, 5) is 0. The Bertz CT molecular complexity index is 235. The molecule has 1 rings (SSSR count). The lowest BCUT2D eigenvalue weighted by molar-refractivity contribution is 0.506. The van der Waals surface area contributed by atoms with Crippen molar-refractivity contribution in [3.05, 3.63) is 11.9 Å². The topological polar surface area (TPSA) is 51.0 Å². The van der Waals surface area contributed by atoms with Crippen molar-refractivity contribution in [3.63, 3.8) is 0 Å². The second-order valence-electron chi connectivity index (χ2n) is 1.12. The van der Waals surface area contributed by atoms with Gasteiger partial charge in [-0.25, -0.2) is 4.57 Å². The molecule has 1 heterocycles. The Hall–Kier alpha value is -1.20. The normalized spacial score (nSPS) is 13.1. The maximum Gasteiger partial charge on any atom is 0.405 e. The molecule has 0 amide bonds. The molecule has 0 aromatic rings. The SMILES string of the molecule is O=POC#CC1=CN=N1. The minimum atomic E-state index is -0.443. The van der Waals surface area contributed by atoms with Crippen LogP contribution in [-0.4, -0.2) is 0 Å². The Morgan fingerprint density at radius 2 is 2.56 bits per heavy atom. The standard InChI is InChI=1S/C4HN2O2P/c7-9-8-2-1-4-3-5-6-4/h3H. The molecule has 0 aromatic heterocycles. The van der Waals surface area contributed by atoms with Crippen LogP contribution in [0.15, 0.2) is 22.1 Å². The predicted octanol–water partition coefficient (Wildman–Crippen LogP) is 1.48. The molecule has 0 spiro atoms. The lowest BCUT2D eigenvalue weighted by Crippen LogP contribution is -1.77. The van der Waals surface area contributed by atoms with Gasteiger partial charge < -0.3 is 4.52 Å². The lowest BCUT2D eigenvalue weighted by atomic mass is 10.5. The smallest absolute Gasteiger partial charge is 0.353 e. The third-order valence-corrected chi connectivity index (χ3v) is 0.773. The summed E-state index contributed by atoms with van der Waals surface area (Å²) in [5, 5.41) is 6.87. The minimum Gasteiger partial charge on any atom is -0.353 e. The van der Waals surface area contributed by atoms with Crippen LogP contribution < -0.4 is 0 Å². The molecule has 5 heteroatoms. The minimum absolute atomic E-state index is 0.443. The van der Waals surface area contributed by atoms with Gasteiger partial charge in [0.25, 0.3) is 0 Å². The molecule has 0 saturated heterocycles. The maximum atomic E-state index is 9.59. The van der Waals surface area contributed by atoms with Gasteiger partial charge in [-0.3, -0.25) is 0 Å². The zero-order chi connectivity index (χ0) is 6.53. The molecular weight excluding hydrogens is 139 g/mol. The van der Waals surface area contributed by atoms with Crippen molar-refractivity contribution in [3.8, 4) is 12.0 Å². The summed E-state index contributed by atoms with van der Waals surface area (Å²) in [6, 6.07) is 0. The molecule has 0 aromatic carbocycles. The van der Waals surface area contributed by atoms with Crippen LogP contribution in [-0.2, 0) is 9.09 Å². The van der Waals surface area contributed by atoms with Gasteiger partial charge >= 0.3 is 8.69 Å². The van der Waals surface area contributed by atoms with Gasteiger partial charge in [-0.1, -0.05) is 0 Å². The van der Waals surface area contributed by atoms with Gasteiger partial charge in [0.05, 0.1) is 6.20 Å². The van der Waals surface area contributed by atoms with E-state index in [1.807, 2.05) is 0 Å². The average molecular weight is 140 g/mol. The van der Waals surface area contributed by atoms with E-state index in [-0.39, 0.29) is 0 Å². The molecule has 44 valence electrons. The van der Waals surface area contributed by atoms with E-state index in [0.29, 0.717) is 5.70 Å². The average Bonchev–Trinajstić information content (AvgIpc) is 1.76. The van der Waals surface area contributed by atoms with E-state index in [1.54, 1.807) is 0 Å². The van der Waals surface area contributed by atoms with Crippen LogP contribution >= 0.6 is 8.69 Å². The number of azo groups is 1. The molecule has 0 unspecified atom stereocenters. The fraction of sp³-hybridized carbons (Fsp3) is 0. The molecule has 0 radical (unpaired) electrons. The van der Waals surface area contributed by atoms with Crippen LogP contribution in [0.4, 0.5) is 0 Å². The van der Waals surface area contributed by atoms with Gasteiger partial charge in [0.15, 0.2) is 5.70 Å². The largest absolute Gasteiger partial charge is 0.405 e. The molecule has 0 bridgehead atoms. The van der Waals surface area contributed by atoms with Crippen LogP contribution in [0.3, 0.4) is 0 Å². The maximum absolute atomic E-state index is 9.59. The Balaban J connectivity index is 2.33. The molecular formula is C4HN2O2P. The van der Waals surface area contributed by atoms with Crippen molar-refractivity contribution in [2.45, 2.75) is 0 Å². The highest BCUT2D eigenvalue weighted by Crippen LogP contribution is 2.06. The molecule has 0 N–H and O–H groups in total. The van der Waals surface area contributed by atoms with Crippen molar-refractivity contribution in [2.75, 3.05) is 0 Å².